The van der Waals surface area contributed by atoms with E-state index < -0.39 is 0 Å². The lowest BCUT2D eigenvalue weighted by molar-refractivity contribution is -0.117. The molecule has 29 heavy (non-hydrogen) atoms. The molecule has 148 valence electrons. The van der Waals surface area contributed by atoms with Gasteiger partial charge in [0.15, 0.2) is 0 Å². The maximum atomic E-state index is 12.5. The Morgan fingerprint density at radius 2 is 1.90 bits per heavy atom. The molecule has 0 radical (unpaired) electrons. The number of benzene rings is 2. The molecule has 0 unspecified atom stereocenters. The van der Waals surface area contributed by atoms with Crippen LogP contribution in [0.4, 0.5) is 11.7 Å². The van der Waals surface area contributed by atoms with Crippen LogP contribution in [0, 0.1) is 0 Å². The summed E-state index contributed by atoms with van der Waals surface area (Å²) in [5.41, 5.74) is 1.26. The maximum absolute atomic E-state index is 12.5. The molecular formula is C20H17ClN4O3S. The minimum absolute atomic E-state index is 0.00292. The van der Waals surface area contributed by atoms with Crippen molar-refractivity contribution in [3.63, 3.8) is 0 Å². The van der Waals surface area contributed by atoms with E-state index in [1.807, 2.05) is 30.5 Å². The lowest BCUT2D eigenvalue weighted by atomic mass is 10.1. The van der Waals surface area contributed by atoms with E-state index in [9.17, 15) is 9.59 Å². The van der Waals surface area contributed by atoms with Crippen LogP contribution in [0.15, 0.2) is 57.8 Å². The zero-order valence-electron chi connectivity index (χ0n) is 15.5. The van der Waals surface area contributed by atoms with Crippen LogP contribution in [0.2, 0.25) is 5.02 Å². The fraction of sp³-hybridized carbons (Fsp3) is 0.200. The molecule has 1 N–H and O–H groups in total. The number of rotatable bonds is 5. The van der Waals surface area contributed by atoms with Gasteiger partial charge in [-0.15, -0.1) is 16.9 Å². The van der Waals surface area contributed by atoms with Crippen LogP contribution in [0.25, 0.3) is 0 Å². The lowest BCUT2D eigenvalue weighted by Crippen LogP contribution is -2.24. The van der Waals surface area contributed by atoms with Gasteiger partial charge in [0.2, 0.25) is 11.8 Å². The Labute approximate surface area is 176 Å². The second-order valence-electron chi connectivity index (χ2n) is 6.51. The number of amides is 2. The molecule has 1 fully saturated rings. The average molecular weight is 429 g/mol. The molecule has 1 atom stereocenters. The predicted molar refractivity (Wildman–Crippen MR) is 112 cm³/mol. The Bertz CT molecular complexity index is 1040. The van der Waals surface area contributed by atoms with Crippen molar-refractivity contribution in [1.29, 1.82) is 0 Å². The minimum atomic E-state index is -0.380. The van der Waals surface area contributed by atoms with Gasteiger partial charge in [0.25, 0.3) is 5.91 Å². The third kappa shape index (κ3) is 4.28. The van der Waals surface area contributed by atoms with Gasteiger partial charge in [0, 0.05) is 34.1 Å². The summed E-state index contributed by atoms with van der Waals surface area (Å²) < 4.78 is 5.59. The highest BCUT2D eigenvalue weighted by atomic mass is 35.5. The first-order valence-corrected chi connectivity index (χ1v) is 10.5. The number of nitrogens with one attached hydrogen (secondary N) is 1. The van der Waals surface area contributed by atoms with Crippen LogP contribution in [0.1, 0.15) is 28.6 Å². The molecule has 7 nitrogen and oxygen atoms in total. The molecule has 2 aromatic carbocycles. The van der Waals surface area contributed by atoms with Crippen LogP contribution >= 0.6 is 23.4 Å². The second kappa shape index (κ2) is 8.26. The SMILES string of the molecule is CSc1ccc(N2C[C@H](c3nnc(NC(=O)c4ccc(Cl)cc4)o3)CC2=O)cc1. The molecule has 1 aliphatic heterocycles. The Morgan fingerprint density at radius 3 is 2.59 bits per heavy atom. The van der Waals surface area contributed by atoms with E-state index in [1.54, 1.807) is 40.9 Å². The molecule has 3 aromatic rings. The van der Waals surface area contributed by atoms with E-state index in [-0.39, 0.29) is 30.2 Å². The van der Waals surface area contributed by atoms with Crippen LogP contribution in [0.3, 0.4) is 0 Å². The van der Waals surface area contributed by atoms with E-state index in [4.69, 9.17) is 16.0 Å². The molecule has 0 aliphatic carbocycles. The predicted octanol–water partition coefficient (Wildman–Crippen LogP) is 4.22. The summed E-state index contributed by atoms with van der Waals surface area (Å²) in [4.78, 5) is 27.6. The van der Waals surface area contributed by atoms with Gasteiger partial charge in [-0.25, -0.2) is 0 Å². The fourth-order valence-electron chi connectivity index (χ4n) is 3.11. The zero-order valence-corrected chi connectivity index (χ0v) is 17.0. The number of nitrogens with zero attached hydrogens (tertiary/aromatic N) is 3. The van der Waals surface area contributed by atoms with Crippen LogP contribution in [-0.4, -0.2) is 34.8 Å². The van der Waals surface area contributed by atoms with E-state index in [0.717, 1.165) is 10.6 Å². The molecule has 0 spiro atoms. The number of carbonyl (C=O) groups is 2. The van der Waals surface area contributed by atoms with E-state index in [1.165, 1.54) is 0 Å². The largest absolute Gasteiger partial charge is 0.407 e. The van der Waals surface area contributed by atoms with Gasteiger partial charge in [-0.3, -0.25) is 14.9 Å². The van der Waals surface area contributed by atoms with Crippen LogP contribution in [0.5, 0.6) is 0 Å². The van der Waals surface area contributed by atoms with Gasteiger partial charge in [-0.2, -0.15) is 0 Å². The molecule has 4 rings (SSSR count). The van der Waals surface area contributed by atoms with Gasteiger partial charge in [-0.05, 0) is 54.8 Å². The van der Waals surface area contributed by atoms with Crippen molar-refractivity contribution in [2.24, 2.45) is 0 Å². The Kier molecular flexibility index (Phi) is 5.55. The Hall–Kier alpha value is -2.84. The van der Waals surface area contributed by atoms with Gasteiger partial charge in [0.1, 0.15) is 0 Å². The first-order valence-electron chi connectivity index (χ1n) is 8.88. The number of aromatic nitrogens is 2. The van der Waals surface area contributed by atoms with E-state index in [0.29, 0.717) is 23.0 Å². The zero-order chi connectivity index (χ0) is 20.4. The van der Waals surface area contributed by atoms with Crippen molar-refractivity contribution >= 4 is 46.9 Å². The second-order valence-corrected chi connectivity index (χ2v) is 7.83. The molecule has 1 aliphatic rings. The van der Waals surface area contributed by atoms with Gasteiger partial charge < -0.3 is 9.32 Å². The number of hydrogen-bond acceptors (Lipinski definition) is 6. The topological polar surface area (TPSA) is 88.3 Å². The van der Waals surface area contributed by atoms with Crippen molar-refractivity contribution in [2.45, 2.75) is 17.2 Å². The quantitative estimate of drug-likeness (QED) is 0.612. The van der Waals surface area contributed by atoms with Crippen LogP contribution in [-0.2, 0) is 4.79 Å². The highest BCUT2D eigenvalue weighted by molar-refractivity contribution is 7.98. The number of anilines is 2. The number of halogens is 1. The summed E-state index contributed by atoms with van der Waals surface area (Å²) in [5, 5.41) is 11.0. The van der Waals surface area contributed by atoms with Crippen LogP contribution < -0.4 is 10.2 Å². The van der Waals surface area contributed by atoms with Crippen molar-refractivity contribution in [3.8, 4) is 0 Å². The first kappa shape index (κ1) is 19.5. The first-order chi connectivity index (χ1) is 14.0. The molecule has 2 heterocycles. The molecule has 0 bridgehead atoms. The van der Waals surface area contributed by atoms with Gasteiger partial charge in [0.05, 0.1) is 5.92 Å². The third-order valence-corrected chi connectivity index (χ3v) is 5.62. The molecule has 0 saturated carbocycles. The maximum Gasteiger partial charge on any atom is 0.322 e. The summed E-state index contributed by atoms with van der Waals surface area (Å²) in [6.45, 7) is 0.449. The van der Waals surface area contributed by atoms with Gasteiger partial charge >= 0.3 is 6.01 Å². The highest BCUT2D eigenvalue weighted by Gasteiger charge is 2.35. The summed E-state index contributed by atoms with van der Waals surface area (Å²) in [6, 6.07) is 14.3. The fourth-order valence-corrected chi connectivity index (χ4v) is 3.64. The highest BCUT2D eigenvalue weighted by Crippen LogP contribution is 2.32. The standard InChI is InChI=1S/C20H17ClN4O3S/c1-29-16-8-6-15(7-9-16)25-11-13(10-17(25)26)19-23-24-20(28-19)22-18(27)12-2-4-14(21)5-3-12/h2-9,13H,10-11H2,1H3,(H,22,24,27)/t13-/m1/s1. The smallest absolute Gasteiger partial charge is 0.322 e. The lowest BCUT2D eigenvalue weighted by Gasteiger charge is -2.16. The molecule has 2 amide bonds. The number of thioether (sulfide) groups is 1. The summed E-state index contributed by atoms with van der Waals surface area (Å²) in [5.74, 6) is -0.281. The van der Waals surface area contributed by atoms with Gasteiger partial charge in [-0.1, -0.05) is 16.7 Å². The Morgan fingerprint density at radius 1 is 1.17 bits per heavy atom. The van der Waals surface area contributed by atoms with Crippen molar-refractivity contribution in [2.75, 3.05) is 23.0 Å². The Balaban J connectivity index is 1.43. The van der Waals surface area contributed by atoms with Crippen molar-refractivity contribution in [1.82, 2.24) is 10.2 Å². The summed E-state index contributed by atoms with van der Waals surface area (Å²) in [6.07, 6.45) is 2.28. The molecule has 1 aromatic heterocycles. The monoisotopic (exact) mass is 428 g/mol. The number of hydrogen-bond donors (Lipinski definition) is 1. The van der Waals surface area contributed by atoms with Crippen molar-refractivity contribution in [3.05, 3.63) is 65.0 Å². The summed E-state index contributed by atoms with van der Waals surface area (Å²) in [7, 11) is 0. The minimum Gasteiger partial charge on any atom is -0.407 e. The van der Waals surface area contributed by atoms with Crippen molar-refractivity contribution < 1.29 is 14.0 Å². The average Bonchev–Trinajstić information content (AvgIpc) is 3.35. The molecule has 1 saturated heterocycles. The normalized spacial score (nSPS) is 16.3. The summed E-state index contributed by atoms with van der Waals surface area (Å²) >= 11 is 7.48. The molecule has 9 heteroatoms. The molecular weight excluding hydrogens is 412 g/mol. The van der Waals surface area contributed by atoms with E-state index in [2.05, 4.69) is 15.5 Å². The number of carbonyl (C=O) groups excluding carboxylic acids is 2. The van der Waals surface area contributed by atoms with E-state index >= 15 is 0 Å². The third-order valence-electron chi connectivity index (χ3n) is 4.63.